The van der Waals surface area contributed by atoms with Gasteiger partial charge in [0.2, 0.25) is 0 Å². The van der Waals surface area contributed by atoms with Crippen molar-refractivity contribution in [3.63, 3.8) is 0 Å². The summed E-state index contributed by atoms with van der Waals surface area (Å²) < 4.78 is 6.48. The topological polar surface area (TPSA) is 41.6 Å². The lowest BCUT2D eigenvalue weighted by Gasteiger charge is -2.28. The van der Waals surface area contributed by atoms with Crippen LogP contribution in [0.4, 0.5) is 5.00 Å². The van der Waals surface area contributed by atoms with Crippen molar-refractivity contribution in [2.75, 3.05) is 37.7 Å². The quantitative estimate of drug-likeness (QED) is 0.568. The summed E-state index contributed by atoms with van der Waals surface area (Å²) in [6, 6.07) is 7.87. The second kappa shape index (κ2) is 9.82. The number of nitrogens with zero attached hydrogens (tertiary/aromatic N) is 1. The lowest BCUT2D eigenvalue weighted by Crippen LogP contribution is -2.35. The Morgan fingerprint density at radius 2 is 1.69 bits per heavy atom. The van der Waals surface area contributed by atoms with Gasteiger partial charge in [-0.3, -0.25) is 4.79 Å². The number of anilines is 1. The first-order valence-electron chi connectivity index (χ1n) is 10.3. The lowest BCUT2D eigenvalue weighted by atomic mass is 9.89. The molecule has 1 atom stereocenters. The number of benzene rings is 1. The molecule has 1 N–H and O–H groups in total. The van der Waals surface area contributed by atoms with Crippen molar-refractivity contribution in [3.05, 3.63) is 49.8 Å². The van der Waals surface area contributed by atoms with Crippen LogP contribution in [0, 0.1) is 0 Å². The summed E-state index contributed by atoms with van der Waals surface area (Å²) in [5, 5.41) is 4.86. The third-order valence-electron chi connectivity index (χ3n) is 5.71. The standard InChI is InChI=1S/C17H16BrClN2O2S.C5H10/c18-14-13-12(10-1-3-11(19)4-2-10)9-20-16(22)15(13)24-17(14)21-5-7-23-8-6-21;1-2-4-5-3-1/h1-4,12H,5-9H2,(H,20,22);1-5H2. The predicted molar refractivity (Wildman–Crippen MR) is 124 cm³/mol. The van der Waals surface area contributed by atoms with Crippen molar-refractivity contribution in [3.8, 4) is 0 Å². The third-order valence-corrected chi connectivity index (χ3v) is 8.29. The summed E-state index contributed by atoms with van der Waals surface area (Å²) in [5.74, 6) is 0.149. The van der Waals surface area contributed by atoms with Gasteiger partial charge in [0.25, 0.3) is 5.91 Å². The van der Waals surface area contributed by atoms with Gasteiger partial charge in [-0.2, -0.15) is 0 Å². The molecule has 156 valence electrons. The Balaban J connectivity index is 0.000000359. The summed E-state index contributed by atoms with van der Waals surface area (Å²) in [5.41, 5.74) is 2.25. The van der Waals surface area contributed by atoms with E-state index in [0.29, 0.717) is 6.54 Å². The average Bonchev–Trinajstić information content (AvgIpc) is 3.43. The van der Waals surface area contributed by atoms with Crippen molar-refractivity contribution in [2.24, 2.45) is 0 Å². The summed E-state index contributed by atoms with van der Waals surface area (Å²) in [6.45, 7) is 3.76. The molecule has 1 saturated carbocycles. The Morgan fingerprint density at radius 1 is 1.07 bits per heavy atom. The molecule has 5 rings (SSSR count). The smallest absolute Gasteiger partial charge is 0.261 e. The van der Waals surface area contributed by atoms with Crippen LogP contribution in [0.5, 0.6) is 0 Å². The van der Waals surface area contributed by atoms with Crippen molar-refractivity contribution in [2.45, 2.75) is 38.0 Å². The SMILES string of the molecule is C1CCCC1.O=C1NCC(c2ccc(Cl)cc2)c2c1sc(N1CCOCC1)c2Br. The number of nitrogens with one attached hydrogen (secondary N) is 1. The molecule has 29 heavy (non-hydrogen) atoms. The maximum absolute atomic E-state index is 12.4. The van der Waals surface area contributed by atoms with E-state index < -0.39 is 0 Å². The fourth-order valence-electron chi connectivity index (χ4n) is 4.10. The third kappa shape index (κ3) is 4.82. The Hall–Kier alpha value is -1.08. The highest BCUT2D eigenvalue weighted by molar-refractivity contribution is 9.10. The van der Waals surface area contributed by atoms with E-state index in [-0.39, 0.29) is 11.8 Å². The number of thiophene rings is 1. The molecule has 3 heterocycles. The van der Waals surface area contributed by atoms with Crippen LogP contribution in [0.3, 0.4) is 0 Å². The molecule has 7 heteroatoms. The Labute approximate surface area is 189 Å². The van der Waals surface area contributed by atoms with E-state index in [0.717, 1.165) is 56.8 Å². The minimum atomic E-state index is 0.0143. The molecule has 0 spiro atoms. The van der Waals surface area contributed by atoms with Gasteiger partial charge in [0, 0.05) is 36.1 Å². The van der Waals surface area contributed by atoms with Gasteiger partial charge >= 0.3 is 0 Å². The summed E-state index contributed by atoms with van der Waals surface area (Å²) in [6.07, 6.45) is 7.50. The van der Waals surface area contributed by atoms with Crippen LogP contribution >= 0.6 is 38.9 Å². The van der Waals surface area contributed by atoms with E-state index in [4.69, 9.17) is 16.3 Å². The van der Waals surface area contributed by atoms with Crippen LogP contribution in [-0.2, 0) is 4.74 Å². The molecule has 2 fully saturated rings. The highest BCUT2D eigenvalue weighted by Crippen LogP contribution is 2.47. The van der Waals surface area contributed by atoms with Crippen LogP contribution in [0.1, 0.15) is 58.8 Å². The summed E-state index contributed by atoms with van der Waals surface area (Å²) in [4.78, 5) is 15.5. The van der Waals surface area contributed by atoms with E-state index >= 15 is 0 Å². The minimum Gasteiger partial charge on any atom is -0.378 e. The molecule has 0 bridgehead atoms. The van der Waals surface area contributed by atoms with E-state index in [1.54, 1.807) is 11.3 Å². The van der Waals surface area contributed by atoms with E-state index in [9.17, 15) is 4.79 Å². The molecular weight excluding hydrogens is 472 g/mol. The van der Waals surface area contributed by atoms with Gasteiger partial charge < -0.3 is 15.0 Å². The zero-order chi connectivity index (χ0) is 20.2. The normalized spacial score (nSPS) is 21.2. The average molecular weight is 498 g/mol. The Kier molecular flexibility index (Phi) is 7.16. The fraction of sp³-hybridized carbons (Fsp3) is 0.500. The van der Waals surface area contributed by atoms with E-state index in [2.05, 4.69) is 26.1 Å². The second-order valence-corrected chi connectivity index (χ2v) is 9.87. The molecule has 1 unspecified atom stereocenters. The molecular formula is C22H26BrClN2O2S. The maximum Gasteiger partial charge on any atom is 0.261 e. The predicted octanol–water partition coefficient (Wildman–Crippen LogP) is 5.83. The van der Waals surface area contributed by atoms with Crippen LogP contribution in [0.15, 0.2) is 28.7 Å². The summed E-state index contributed by atoms with van der Waals surface area (Å²) >= 11 is 11.4. The van der Waals surface area contributed by atoms with Gasteiger partial charge in [-0.05, 0) is 33.6 Å². The first-order valence-corrected chi connectivity index (χ1v) is 12.3. The highest BCUT2D eigenvalue weighted by atomic mass is 79.9. The molecule has 2 aromatic rings. The molecule has 1 aromatic heterocycles. The van der Waals surface area contributed by atoms with Gasteiger partial charge in [-0.25, -0.2) is 0 Å². The fourth-order valence-corrected chi connectivity index (χ4v) is 6.55. The van der Waals surface area contributed by atoms with Crippen molar-refractivity contribution < 1.29 is 9.53 Å². The highest BCUT2D eigenvalue weighted by Gasteiger charge is 2.34. The number of carbonyl (C=O) groups is 1. The Morgan fingerprint density at radius 3 is 2.31 bits per heavy atom. The minimum absolute atomic E-state index is 0.0143. The van der Waals surface area contributed by atoms with Gasteiger partial charge in [-0.15, -0.1) is 11.3 Å². The Bertz CT molecular complexity index is 838. The number of halogens is 2. The molecule has 3 aliphatic rings. The number of morpholine rings is 1. The number of hydrogen-bond donors (Lipinski definition) is 1. The van der Waals surface area contributed by atoms with Crippen LogP contribution in [0.2, 0.25) is 5.02 Å². The molecule has 1 saturated heterocycles. The maximum atomic E-state index is 12.4. The summed E-state index contributed by atoms with van der Waals surface area (Å²) in [7, 11) is 0. The molecule has 2 aliphatic heterocycles. The number of amides is 1. The molecule has 1 amide bonds. The largest absolute Gasteiger partial charge is 0.378 e. The van der Waals surface area contributed by atoms with Crippen molar-refractivity contribution in [1.82, 2.24) is 5.32 Å². The molecule has 1 aromatic carbocycles. The first kappa shape index (κ1) is 21.2. The second-order valence-electron chi connectivity index (χ2n) is 7.65. The van der Waals surface area contributed by atoms with Gasteiger partial charge in [0.1, 0.15) is 5.00 Å². The van der Waals surface area contributed by atoms with Crippen molar-refractivity contribution >= 4 is 49.8 Å². The first-order chi connectivity index (χ1) is 14.1. The number of hydrogen-bond acceptors (Lipinski definition) is 4. The van der Waals surface area contributed by atoms with Crippen molar-refractivity contribution in [1.29, 1.82) is 0 Å². The lowest BCUT2D eigenvalue weighted by molar-refractivity contribution is 0.0947. The number of ether oxygens (including phenoxy) is 1. The van der Waals surface area contributed by atoms with Gasteiger partial charge in [0.05, 0.1) is 22.6 Å². The molecule has 1 aliphatic carbocycles. The van der Waals surface area contributed by atoms with Crippen LogP contribution in [-0.4, -0.2) is 38.8 Å². The molecule has 4 nitrogen and oxygen atoms in total. The van der Waals surface area contributed by atoms with Gasteiger partial charge in [-0.1, -0.05) is 55.8 Å². The van der Waals surface area contributed by atoms with E-state index in [1.807, 2.05) is 24.3 Å². The van der Waals surface area contributed by atoms with Gasteiger partial charge in [0.15, 0.2) is 0 Å². The zero-order valence-corrected chi connectivity index (χ0v) is 19.5. The number of fused-ring (bicyclic) bond motifs is 1. The van der Waals surface area contributed by atoms with Crippen LogP contribution in [0.25, 0.3) is 0 Å². The zero-order valence-electron chi connectivity index (χ0n) is 16.4. The number of rotatable bonds is 2. The molecule has 0 radical (unpaired) electrons. The van der Waals surface area contributed by atoms with E-state index in [1.165, 1.54) is 32.1 Å². The number of carbonyl (C=O) groups excluding carboxylic acids is 1. The monoisotopic (exact) mass is 496 g/mol. The van der Waals surface area contributed by atoms with Crippen LogP contribution < -0.4 is 10.2 Å².